The van der Waals surface area contributed by atoms with E-state index in [0.29, 0.717) is 0 Å². The van der Waals surface area contributed by atoms with Crippen molar-refractivity contribution in [2.45, 2.75) is 26.7 Å². The Morgan fingerprint density at radius 3 is 2.23 bits per heavy atom. The number of nitrogens with zero attached hydrogens (tertiary/aromatic N) is 2. The van der Waals surface area contributed by atoms with Crippen molar-refractivity contribution < 1.29 is 0 Å². The van der Waals surface area contributed by atoms with E-state index < -0.39 is 0 Å². The van der Waals surface area contributed by atoms with Gasteiger partial charge in [0, 0.05) is 24.3 Å². The Labute approximate surface area is 132 Å². The highest BCUT2D eigenvalue weighted by molar-refractivity contribution is 5.79. The van der Waals surface area contributed by atoms with Crippen LogP contribution in [0.4, 0.5) is 5.69 Å². The molecule has 3 aromatic rings. The maximum absolute atomic E-state index is 4.66. The largest absolute Gasteiger partial charge is 0.372 e. The van der Waals surface area contributed by atoms with Gasteiger partial charge in [0.25, 0.3) is 0 Å². The maximum Gasteiger partial charge on any atom is 0.138 e. The zero-order valence-electron chi connectivity index (χ0n) is 13.3. The van der Waals surface area contributed by atoms with Crippen LogP contribution >= 0.6 is 0 Å². The fraction of sp³-hybridized carbons (Fsp3) is 0.316. The van der Waals surface area contributed by atoms with Crippen LogP contribution in [-0.4, -0.2) is 23.1 Å². The first-order chi connectivity index (χ1) is 10.8. The fourth-order valence-corrected chi connectivity index (χ4v) is 2.83. The van der Waals surface area contributed by atoms with Crippen LogP contribution in [0.5, 0.6) is 0 Å². The van der Waals surface area contributed by atoms with E-state index in [1.807, 2.05) is 18.2 Å². The van der Waals surface area contributed by atoms with Crippen molar-refractivity contribution >= 4 is 16.7 Å². The molecule has 0 aliphatic heterocycles. The smallest absolute Gasteiger partial charge is 0.138 e. The summed E-state index contributed by atoms with van der Waals surface area (Å²) >= 11 is 0. The van der Waals surface area contributed by atoms with E-state index in [4.69, 9.17) is 0 Å². The van der Waals surface area contributed by atoms with Gasteiger partial charge in [-0.15, -0.1) is 0 Å². The summed E-state index contributed by atoms with van der Waals surface area (Å²) in [5, 5.41) is 0. The molecule has 22 heavy (non-hydrogen) atoms. The summed E-state index contributed by atoms with van der Waals surface area (Å²) in [6.45, 7) is 6.67. The number of hydrogen-bond donors (Lipinski definition) is 1. The number of para-hydroxylation sites is 2. The molecular formula is C19H23N3. The van der Waals surface area contributed by atoms with Gasteiger partial charge in [-0.2, -0.15) is 0 Å². The molecule has 0 spiro atoms. The van der Waals surface area contributed by atoms with Gasteiger partial charge in [-0.05, 0) is 49.2 Å². The second kappa shape index (κ2) is 6.65. The molecule has 3 nitrogen and oxygen atoms in total. The number of benzene rings is 2. The lowest BCUT2D eigenvalue weighted by molar-refractivity contribution is 0.745. The van der Waals surface area contributed by atoms with Gasteiger partial charge in [-0.1, -0.05) is 26.0 Å². The highest BCUT2D eigenvalue weighted by atomic mass is 15.1. The zero-order chi connectivity index (χ0) is 15.4. The molecule has 1 heterocycles. The standard InChI is InChI=1S/C19H23N3/c1-3-13-22(14-4-2)16-11-9-15(10-12-16)19-20-17-7-5-6-8-18(17)21-19/h5-12H,3-4,13-14H2,1-2H3,(H,20,21). The van der Waals surface area contributed by atoms with Crippen molar-refractivity contribution in [3.05, 3.63) is 48.5 Å². The third-order valence-corrected chi connectivity index (χ3v) is 3.88. The van der Waals surface area contributed by atoms with Gasteiger partial charge in [0.2, 0.25) is 0 Å². The van der Waals surface area contributed by atoms with Gasteiger partial charge in [0.15, 0.2) is 0 Å². The molecule has 3 heteroatoms. The van der Waals surface area contributed by atoms with Crippen molar-refractivity contribution in [3.63, 3.8) is 0 Å². The highest BCUT2D eigenvalue weighted by Crippen LogP contribution is 2.23. The number of imidazole rings is 1. The topological polar surface area (TPSA) is 31.9 Å². The minimum Gasteiger partial charge on any atom is -0.372 e. The summed E-state index contributed by atoms with van der Waals surface area (Å²) in [4.78, 5) is 10.5. The van der Waals surface area contributed by atoms with Crippen LogP contribution in [0.25, 0.3) is 22.4 Å². The van der Waals surface area contributed by atoms with E-state index in [1.54, 1.807) is 0 Å². The molecule has 1 N–H and O–H groups in total. The number of nitrogens with one attached hydrogen (secondary N) is 1. The Morgan fingerprint density at radius 2 is 1.59 bits per heavy atom. The minimum absolute atomic E-state index is 0.935. The Bertz CT molecular complexity index is 689. The van der Waals surface area contributed by atoms with E-state index in [0.717, 1.165) is 35.5 Å². The van der Waals surface area contributed by atoms with E-state index in [9.17, 15) is 0 Å². The second-order valence-electron chi connectivity index (χ2n) is 5.64. The first-order valence-electron chi connectivity index (χ1n) is 8.12. The Kier molecular flexibility index (Phi) is 4.42. The van der Waals surface area contributed by atoms with Gasteiger partial charge >= 0.3 is 0 Å². The van der Waals surface area contributed by atoms with Crippen LogP contribution in [-0.2, 0) is 0 Å². The molecule has 2 aromatic carbocycles. The summed E-state index contributed by atoms with van der Waals surface area (Å²) in [6.07, 6.45) is 2.34. The van der Waals surface area contributed by atoms with E-state index in [2.05, 4.69) is 59.0 Å². The van der Waals surface area contributed by atoms with Crippen molar-refractivity contribution in [3.8, 4) is 11.4 Å². The van der Waals surface area contributed by atoms with Crippen LogP contribution in [0.2, 0.25) is 0 Å². The predicted octanol–water partition coefficient (Wildman–Crippen LogP) is 4.86. The predicted molar refractivity (Wildman–Crippen MR) is 94.3 cm³/mol. The number of aromatic amines is 1. The quantitative estimate of drug-likeness (QED) is 0.704. The molecule has 0 aliphatic carbocycles. The summed E-state index contributed by atoms with van der Waals surface area (Å²) in [5.74, 6) is 0.935. The summed E-state index contributed by atoms with van der Waals surface area (Å²) in [6, 6.07) is 16.9. The number of anilines is 1. The number of rotatable bonds is 6. The molecule has 0 atom stereocenters. The van der Waals surface area contributed by atoms with Gasteiger partial charge < -0.3 is 9.88 Å². The lowest BCUT2D eigenvalue weighted by atomic mass is 10.1. The van der Waals surface area contributed by atoms with Crippen molar-refractivity contribution in [2.24, 2.45) is 0 Å². The average molecular weight is 293 g/mol. The van der Waals surface area contributed by atoms with Crippen LogP contribution in [0.3, 0.4) is 0 Å². The van der Waals surface area contributed by atoms with Crippen LogP contribution in [0.1, 0.15) is 26.7 Å². The average Bonchev–Trinajstić information content (AvgIpc) is 2.99. The normalized spacial score (nSPS) is 11.0. The molecule has 0 aliphatic rings. The van der Waals surface area contributed by atoms with Gasteiger partial charge in [0.05, 0.1) is 11.0 Å². The highest BCUT2D eigenvalue weighted by Gasteiger charge is 2.07. The van der Waals surface area contributed by atoms with Crippen molar-refractivity contribution in [1.29, 1.82) is 0 Å². The van der Waals surface area contributed by atoms with Crippen LogP contribution in [0, 0.1) is 0 Å². The summed E-state index contributed by atoms with van der Waals surface area (Å²) in [5.41, 5.74) is 4.52. The summed E-state index contributed by atoms with van der Waals surface area (Å²) < 4.78 is 0. The Morgan fingerprint density at radius 1 is 0.909 bits per heavy atom. The molecule has 0 amide bonds. The van der Waals surface area contributed by atoms with Crippen molar-refractivity contribution in [2.75, 3.05) is 18.0 Å². The molecule has 0 fully saturated rings. The van der Waals surface area contributed by atoms with Gasteiger partial charge in [-0.3, -0.25) is 0 Å². The molecule has 0 saturated heterocycles. The molecule has 0 radical (unpaired) electrons. The minimum atomic E-state index is 0.935. The molecule has 0 unspecified atom stereocenters. The Hall–Kier alpha value is -2.29. The fourth-order valence-electron chi connectivity index (χ4n) is 2.83. The number of fused-ring (bicyclic) bond motifs is 1. The monoisotopic (exact) mass is 293 g/mol. The first-order valence-corrected chi connectivity index (χ1v) is 8.12. The lowest BCUT2D eigenvalue weighted by Gasteiger charge is -2.23. The molecule has 0 bridgehead atoms. The third-order valence-electron chi connectivity index (χ3n) is 3.88. The zero-order valence-corrected chi connectivity index (χ0v) is 13.3. The number of H-pyrrole nitrogens is 1. The second-order valence-corrected chi connectivity index (χ2v) is 5.64. The SMILES string of the molecule is CCCN(CCC)c1ccc(-c2nc3ccccc3[nH]2)cc1. The lowest BCUT2D eigenvalue weighted by Crippen LogP contribution is -2.24. The molecule has 0 saturated carbocycles. The van der Waals surface area contributed by atoms with Gasteiger partial charge in [-0.25, -0.2) is 4.98 Å². The molecular weight excluding hydrogens is 270 g/mol. The van der Waals surface area contributed by atoms with Gasteiger partial charge in [0.1, 0.15) is 5.82 Å². The van der Waals surface area contributed by atoms with Crippen molar-refractivity contribution in [1.82, 2.24) is 9.97 Å². The number of aromatic nitrogens is 2. The summed E-state index contributed by atoms with van der Waals surface area (Å²) in [7, 11) is 0. The number of hydrogen-bond acceptors (Lipinski definition) is 2. The van der Waals surface area contributed by atoms with E-state index in [1.165, 1.54) is 18.5 Å². The van der Waals surface area contributed by atoms with E-state index in [-0.39, 0.29) is 0 Å². The van der Waals surface area contributed by atoms with Crippen LogP contribution < -0.4 is 4.90 Å². The van der Waals surface area contributed by atoms with E-state index >= 15 is 0 Å². The Balaban J connectivity index is 1.86. The molecule has 114 valence electrons. The third kappa shape index (κ3) is 2.98. The first kappa shape index (κ1) is 14.6. The van der Waals surface area contributed by atoms with Crippen LogP contribution in [0.15, 0.2) is 48.5 Å². The molecule has 1 aromatic heterocycles. The molecule has 3 rings (SSSR count). The maximum atomic E-state index is 4.66.